The Labute approximate surface area is 124 Å². The summed E-state index contributed by atoms with van der Waals surface area (Å²) in [5.74, 6) is -1.11. The number of nitrogens with zero attached hydrogens (tertiary/aromatic N) is 2. The van der Waals surface area contributed by atoms with E-state index in [0.717, 1.165) is 12.1 Å². The van der Waals surface area contributed by atoms with Crippen molar-refractivity contribution in [2.24, 2.45) is 0 Å². The summed E-state index contributed by atoms with van der Waals surface area (Å²) in [5.41, 5.74) is 6.92. The average Bonchev–Trinajstić information content (AvgIpc) is 2.95. The molecule has 2 aromatic carbocycles. The van der Waals surface area contributed by atoms with Crippen molar-refractivity contribution >= 4 is 5.69 Å². The zero-order chi connectivity index (χ0) is 15.5. The quantitative estimate of drug-likeness (QED) is 0.749. The lowest BCUT2D eigenvalue weighted by molar-refractivity contribution is 0.252. The molecule has 0 saturated heterocycles. The van der Waals surface area contributed by atoms with Gasteiger partial charge in [-0.05, 0) is 30.3 Å². The van der Waals surface area contributed by atoms with Gasteiger partial charge >= 0.3 is 0 Å². The Bertz CT molecular complexity index is 805. The summed E-state index contributed by atoms with van der Waals surface area (Å²) in [6.07, 6.45) is 0. The molecular weight excluding hydrogens is 292 g/mol. The van der Waals surface area contributed by atoms with Gasteiger partial charge < -0.3 is 14.9 Å². The molecule has 0 amide bonds. The minimum Gasteiger partial charge on any atom is -0.481 e. The van der Waals surface area contributed by atoms with Gasteiger partial charge in [0.25, 0.3) is 5.89 Å². The molecule has 0 atom stereocenters. The number of nitrogen functional groups attached to an aromatic ring is 1. The van der Waals surface area contributed by atoms with Crippen LogP contribution in [-0.2, 0) is 6.61 Å². The molecular formula is C15H11F2N3O2. The molecule has 22 heavy (non-hydrogen) atoms. The van der Waals surface area contributed by atoms with Crippen LogP contribution in [0.2, 0.25) is 0 Å². The Morgan fingerprint density at radius 2 is 1.95 bits per heavy atom. The third-order valence-corrected chi connectivity index (χ3v) is 2.85. The van der Waals surface area contributed by atoms with Gasteiger partial charge in [0, 0.05) is 17.3 Å². The molecule has 0 aliphatic heterocycles. The summed E-state index contributed by atoms with van der Waals surface area (Å²) in [4.78, 5) is 0. The van der Waals surface area contributed by atoms with Crippen LogP contribution in [0.4, 0.5) is 14.5 Å². The molecule has 7 heteroatoms. The Kier molecular flexibility index (Phi) is 3.69. The molecule has 0 aliphatic rings. The fourth-order valence-electron chi connectivity index (χ4n) is 1.83. The van der Waals surface area contributed by atoms with Crippen molar-refractivity contribution in [1.29, 1.82) is 0 Å². The summed E-state index contributed by atoms with van der Waals surface area (Å²) in [6, 6.07) is 10.00. The van der Waals surface area contributed by atoms with Crippen LogP contribution < -0.4 is 10.5 Å². The van der Waals surface area contributed by atoms with E-state index in [-0.39, 0.29) is 24.1 Å². The zero-order valence-electron chi connectivity index (χ0n) is 11.3. The van der Waals surface area contributed by atoms with E-state index in [1.807, 2.05) is 0 Å². The van der Waals surface area contributed by atoms with E-state index in [9.17, 15) is 8.78 Å². The highest BCUT2D eigenvalue weighted by Gasteiger charge is 2.11. The van der Waals surface area contributed by atoms with Gasteiger partial charge in [-0.25, -0.2) is 8.78 Å². The maximum Gasteiger partial charge on any atom is 0.254 e. The molecule has 112 valence electrons. The summed E-state index contributed by atoms with van der Waals surface area (Å²) in [6.45, 7) is -0.127. The van der Waals surface area contributed by atoms with Crippen LogP contribution in [0.3, 0.4) is 0 Å². The van der Waals surface area contributed by atoms with E-state index in [0.29, 0.717) is 11.3 Å². The second-order valence-corrected chi connectivity index (χ2v) is 4.49. The number of hydrogen-bond donors (Lipinski definition) is 1. The van der Waals surface area contributed by atoms with Crippen molar-refractivity contribution in [2.45, 2.75) is 6.61 Å². The van der Waals surface area contributed by atoms with Crippen molar-refractivity contribution in [1.82, 2.24) is 10.2 Å². The fourth-order valence-corrected chi connectivity index (χ4v) is 1.83. The fraction of sp³-hybridized carbons (Fsp3) is 0.0667. The molecule has 0 spiro atoms. The highest BCUT2D eigenvalue weighted by Crippen LogP contribution is 2.22. The van der Waals surface area contributed by atoms with Crippen molar-refractivity contribution < 1.29 is 17.9 Å². The minimum atomic E-state index is -0.796. The van der Waals surface area contributed by atoms with Crippen LogP contribution in [0.15, 0.2) is 46.9 Å². The smallest absolute Gasteiger partial charge is 0.254 e. The first kappa shape index (κ1) is 14.0. The van der Waals surface area contributed by atoms with E-state index in [4.69, 9.17) is 14.9 Å². The monoisotopic (exact) mass is 303 g/mol. The van der Waals surface area contributed by atoms with Gasteiger partial charge in [-0.2, -0.15) is 0 Å². The van der Waals surface area contributed by atoms with Crippen molar-refractivity contribution in [3.05, 3.63) is 60.0 Å². The molecule has 0 aliphatic carbocycles. The van der Waals surface area contributed by atoms with E-state index < -0.39 is 11.6 Å². The van der Waals surface area contributed by atoms with Gasteiger partial charge in [-0.15, -0.1) is 10.2 Å². The number of rotatable bonds is 4. The van der Waals surface area contributed by atoms with Crippen molar-refractivity contribution in [3.8, 4) is 17.2 Å². The maximum atomic E-state index is 13.4. The largest absolute Gasteiger partial charge is 0.481 e. The summed E-state index contributed by atoms with van der Waals surface area (Å²) in [7, 11) is 0. The van der Waals surface area contributed by atoms with Crippen LogP contribution in [-0.4, -0.2) is 10.2 Å². The van der Waals surface area contributed by atoms with Crippen molar-refractivity contribution in [2.75, 3.05) is 5.73 Å². The molecule has 0 fully saturated rings. The number of benzene rings is 2. The van der Waals surface area contributed by atoms with E-state index in [1.165, 1.54) is 6.07 Å². The lowest BCUT2D eigenvalue weighted by Gasteiger charge is -2.04. The SMILES string of the molecule is Nc1cccc(-c2nnc(COc3ccc(F)cc3F)o2)c1. The molecule has 3 rings (SSSR count). The van der Waals surface area contributed by atoms with Gasteiger partial charge in [0.1, 0.15) is 5.82 Å². The van der Waals surface area contributed by atoms with Crippen LogP contribution in [0.5, 0.6) is 5.75 Å². The molecule has 1 heterocycles. The van der Waals surface area contributed by atoms with Gasteiger partial charge in [-0.3, -0.25) is 0 Å². The van der Waals surface area contributed by atoms with Crippen molar-refractivity contribution in [3.63, 3.8) is 0 Å². The third kappa shape index (κ3) is 3.03. The van der Waals surface area contributed by atoms with Crippen LogP contribution >= 0.6 is 0 Å². The highest BCUT2D eigenvalue weighted by atomic mass is 19.1. The van der Waals surface area contributed by atoms with Gasteiger partial charge in [0.05, 0.1) is 0 Å². The molecule has 3 aromatic rings. The molecule has 2 N–H and O–H groups in total. The van der Waals surface area contributed by atoms with E-state index in [1.54, 1.807) is 24.3 Å². The average molecular weight is 303 g/mol. The van der Waals surface area contributed by atoms with E-state index >= 15 is 0 Å². The van der Waals surface area contributed by atoms with Crippen LogP contribution in [0, 0.1) is 11.6 Å². The molecule has 0 radical (unpaired) electrons. The number of ether oxygens (including phenoxy) is 1. The Hall–Kier alpha value is -2.96. The Morgan fingerprint density at radius 3 is 2.73 bits per heavy atom. The predicted molar refractivity (Wildman–Crippen MR) is 74.8 cm³/mol. The maximum absolute atomic E-state index is 13.4. The molecule has 5 nitrogen and oxygen atoms in total. The lowest BCUT2D eigenvalue weighted by atomic mass is 10.2. The first-order valence-electron chi connectivity index (χ1n) is 6.38. The summed E-state index contributed by atoms with van der Waals surface area (Å²) < 4.78 is 36.8. The second kappa shape index (κ2) is 5.80. The topological polar surface area (TPSA) is 74.2 Å². The van der Waals surface area contributed by atoms with Gasteiger partial charge in [0.15, 0.2) is 18.2 Å². The number of nitrogens with two attached hydrogens (primary N) is 1. The third-order valence-electron chi connectivity index (χ3n) is 2.85. The standard InChI is InChI=1S/C15H11F2N3O2/c16-10-4-5-13(12(17)7-10)21-8-14-19-20-15(22-14)9-2-1-3-11(18)6-9/h1-7H,8,18H2. The Morgan fingerprint density at radius 1 is 1.09 bits per heavy atom. The predicted octanol–water partition coefficient (Wildman–Crippen LogP) is 3.18. The molecule has 0 bridgehead atoms. The second-order valence-electron chi connectivity index (χ2n) is 4.49. The molecule has 1 aromatic heterocycles. The highest BCUT2D eigenvalue weighted by molar-refractivity contribution is 5.59. The summed E-state index contributed by atoms with van der Waals surface area (Å²) >= 11 is 0. The first-order valence-corrected chi connectivity index (χ1v) is 6.38. The molecule has 0 saturated carbocycles. The lowest BCUT2D eigenvalue weighted by Crippen LogP contribution is -1.98. The number of halogens is 2. The van der Waals surface area contributed by atoms with Crippen LogP contribution in [0.25, 0.3) is 11.5 Å². The van der Waals surface area contributed by atoms with Crippen LogP contribution in [0.1, 0.15) is 5.89 Å². The summed E-state index contributed by atoms with van der Waals surface area (Å²) in [5, 5.41) is 7.68. The first-order chi connectivity index (χ1) is 10.6. The Balaban J connectivity index is 1.72. The number of hydrogen-bond acceptors (Lipinski definition) is 5. The van der Waals surface area contributed by atoms with Gasteiger partial charge in [-0.1, -0.05) is 6.07 Å². The molecule has 0 unspecified atom stereocenters. The number of anilines is 1. The van der Waals surface area contributed by atoms with Gasteiger partial charge in [0.2, 0.25) is 5.89 Å². The minimum absolute atomic E-state index is 0.0925. The normalized spacial score (nSPS) is 10.6. The van der Waals surface area contributed by atoms with E-state index in [2.05, 4.69) is 10.2 Å². The zero-order valence-corrected chi connectivity index (χ0v) is 11.3. The number of aromatic nitrogens is 2.